The first kappa shape index (κ1) is 15.0. The molecule has 1 fully saturated rings. The average molecular weight is 255 g/mol. The Labute approximate surface area is 109 Å². The molecule has 18 heavy (non-hydrogen) atoms. The van der Waals surface area contributed by atoms with Crippen molar-refractivity contribution in [1.82, 2.24) is 10.2 Å². The van der Waals surface area contributed by atoms with Gasteiger partial charge in [0.1, 0.15) is 0 Å². The number of hydrogen-bond donors (Lipinski definition) is 2. The summed E-state index contributed by atoms with van der Waals surface area (Å²) in [6, 6.07) is 0.00844. The van der Waals surface area contributed by atoms with E-state index in [0.717, 1.165) is 19.4 Å². The molecular formula is C13H25N3O2. The zero-order chi connectivity index (χ0) is 13.7. The summed E-state index contributed by atoms with van der Waals surface area (Å²) in [6.07, 6.45) is 2.28. The van der Waals surface area contributed by atoms with Gasteiger partial charge in [0.2, 0.25) is 11.8 Å². The van der Waals surface area contributed by atoms with Gasteiger partial charge < -0.3 is 16.0 Å². The van der Waals surface area contributed by atoms with Crippen LogP contribution in [-0.4, -0.2) is 41.9 Å². The fourth-order valence-corrected chi connectivity index (χ4v) is 2.18. The van der Waals surface area contributed by atoms with Gasteiger partial charge in [-0.1, -0.05) is 13.8 Å². The highest BCUT2D eigenvalue weighted by atomic mass is 16.2. The largest absolute Gasteiger partial charge is 0.352 e. The van der Waals surface area contributed by atoms with Gasteiger partial charge in [0.15, 0.2) is 0 Å². The first-order chi connectivity index (χ1) is 8.40. The van der Waals surface area contributed by atoms with E-state index in [9.17, 15) is 9.59 Å². The molecule has 3 N–H and O–H groups in total. The minimum Gasteiger partial charge on any atom is -0.352 e. The predicted molar refractivity (Wildman–Crippen MR) is 70.8 cm³/mol. The standard InChI is InChI=1S/C13H25N3O2/c1-9(2)12(14)7-13(18)16-6-4-5-11(8-16)15-10(3)17/h9,11-12H,4-8,14H2,1-3H3,(H,15,17). The molecule has 0 spiro atoms. The van der Waals surface area contributed by atoms with Gasteiger partial charge in [-0.05, 0) is 18.8 Å². The third-order valence-corrected chi connectivity index (χ3v) is 3.45. The lowest BCUT2D eigenvalue weighted by Gasteiger charge is -2.34. The molecule has 1 aliphatic rings. The SMILES string of the molecule is CC(=O)NC1CCCN(C(=O)CC(N)C(C)C)C1. The molecule has 0 radical (unpaired) electrons. The highest BCUT2D eigenvalue weighted by molar-refractivity contribution is 5.77. The second-order valence-corrected chi connectivity index (χ2v) is 5.49. The molecule has 0 aliphatic carbocycles. The Bertz CT molecular complexity index is 305. The summed E-state index contributed by atoms with van der Waals surface area (Å²) in [4.78, 5) is 24.9. The first-order valence-electron chi connectivity index (χ1n) is 6.70. The van der Waals surface area contributed by atoms with Gasteiger partial charge in [-0.2, -0.15) is 0 Å². The van der Waals surface area contributed by atoms with Crippen LogP contribution in [0, 0.1) is 5.92 Å². The number of rotatable bonds is 4. The molecule has 2 amide bonds. The van der Waals surface area contributed by atoms with E-state index in [1.807, 2.05) is 18.7 Å². The lowest BCUT2D eigenvalue weighted by Crippen LogP contribution is -2.50. The number of amides is 2. The molecule has 5 nitrogen and oxygen atoms in total. The molecule has 0 bridgehead atoms. The number of carbonyl (C=O) groups is 2. The van der Waals surface area contributed by atoms with E-state index in [-0.39, 0.29) is 23.9 Å². The molecule has 2 unspecified atom stereocenters. The molecule has 1 saturated heterocycles. The molecular weight excluding hydrogens is 230 g/mol. The smallest absolute Gasteiger partial charge is 0.224 e. The third kappa shape index (κ3) is 4.64. The van der Waals surface area contributed by atoms with E-state index in [1.54, 1.807) is 0 Å². The van der Waals surface area contributed by atoms with Gasteiger partial charge >= 0.3 is 0 Å². The number of piperidine rings is 1. The quantitative estimate of drug-likeness (QED) is 0.767. The van der Waals surface area contributed by atoms with Crippen LogP contribution in [0.3, 0.4) is 0 Å². The highest BCUT2D eigenvalue weighted by Gasteiger charge is 2.25. The van der Waals surface area contributed by atoms with E-state index in [4.69, 9.17) is 5.73 Å². The fourth-order valence-electron chi connectivity index (χ4n) is 2.18. The van der Waals surface area contributed by atoms with Gasteiger partial charge in [-0.3, -0.25) is 9.59 Å². The number of nitrogens with one attached hydrogen (secondary N) is 1. The van der Waals surface area contributed by atoms with Gasteiger partial charge in [-0.25, -0.2) is 0 Å². The maximum Gasteiger partial charge on any atom is 0.224 e. The Kier molecular flexibility index (Phi) is 5.59. The van der Waals surface area contributed by atoms with Crippen LogP contribution >= 0.6 is 0 Å². The molecule has 0 aromatic heterocycles. The number of nitrogens with two attached hydrogens (primary N) is 1. The molecule has 104 valence electrons. The monoisotopic (exact) mass is 255 g/mol. The number of nitrogens with zero attached hydrogens (tertiary/aromatic N) is 1. The van der Waals surface area contributed by atoms with Crippen molar-refractivity contribution in [3.63, 3.8) is 0 Å². The predicted octanol–water partition coefficient (Wildman–Crippen LogP) is 0.487. The summed E-state index contributed by atoms with van der Waals surface area (Å²) in [7, 11) is 0. The number of likely N-dealkylation sites (tertiary alicyclic amines) is 1. The van der Waals surface area contributed by atoms with E-state index >= 15 is 0 Å². The van der Waals surface area contributed by atoms with Crippen LogP contribution in [0.15, 0.2) is 0 Å². The van der Waals surface area contributed by atoms with Gasteiger partial charge in [0, 0.05) is 38.5 Å². The highest BCUT2D eigenvalue weighted by Crippen LogP contribution is 2.13. The van der Waals surface area contributed by atoms with E-state index < -0.39 is 0 Å². The van der Waals surface area contributed by atoms with Crippen molar-refractivity contribution in [2.24, 2.45) is 11.7 Å². The Morgan fingerprint density at radius 1 is 1.44 bits per heavy atom. The Hall–Kier alpha value is -1.10. The topological polar surface area (TPSA) is 75.4 Å². The second kappa shape index (κ2) is 6.73. The van der Waals surface area contributed by atoms with Crippen molar-refractivity contribution in [3.05, 3.63) is 0 Å². The fraction of sp³-hybridized carbons (Fsp3) is 0.846. The molecule has 0 aromatic rings. The van der Waals surface area contributed by atoms with Crippen molar-refractivity contribution >= 4 is 11.8 Å². The van der Waals surface area contributed by atoms with Crippen LogP contribution in [0.5, 0.6) is 0 Å². The number of hydrogen-bond acceptors (Lipinski definition) is 3. The van der Waals surface area contributed by atoms with Crippen LogP contribution in [-0.2, 0) is 9.59 Å². The van der Waals surface area contributed by atoms with Gasteiger partial charge in [0.25, 0.3) is 0 Å². The second-order valence-electron chi connectivity index (χ2n) is 5.49. The molecule has 1 rings (SSSR count). The zero-order valence-corrected chi connectivity index (χ0v) is 11.6. The normalized spacial score (nSPS) is 21.8. The summed E-state index contributed by atoms with van der Waals surface area (Å²) in [5, 5.41) is 2.88. The summed E-state index contributed by atoms with van der Waals surface area (Å²) < 4.78 is 0. The first-order valence-corrected chi connectivity index (χ1v) is 6.70. The van der Waals surface area contributed by atoms with Crippen molar-refractivity contribution in [2.75, 3.05) is 13.1 Å². The molecule has 0 saturated carbocycles. The minimum atomic E-state index is -0.0846. The minimum absolute atomic E-state index is 0.0341. The summed E-state index contributed by atoms with van der Waals surface area (Å²) in [6.45, 7) is 6.95. The lowest BCUT2D eigenvalue weighted by molar-refractivity contribution is -0.134. The van der Waals surface area contributed by atoms with Crippen LogP contribution in [0.1, 0.15) is 40.0 Å². The van der Waals surface area contributed by atoms with Crippen molar-refractivity contribution in [2.45, 2.75) is 52.1 Å². The molecule has 5 heteroatoms. The maximum absolute atomic E-state index is 12.1. The molecule has 1 aliphatic heterocycles. The Morgan fingerprint density at radius 3 is 2.67 bits per heavy atom. The molecule has 2 atom stereocenters. The Balaban J connectivity index is 2.45. The summed E-state index contributed by atoms with van der Waals surface area (Å²) in [5.74, 6) is 0.379. The molecule has 0 aromatic carbocycles. The van der Waals surface area contributed by atoms with E-state index in [1.165, 1.54) is 6.92 Å². The van der Waals surface area contributed by atoms with Crippen LogP contribution < -0.4 is 11.1 Å². The summed E-state index contributed by atoms with van der Waals surface area (Å²) >= 11 is 0. The summed E-state index contributed by atoms with van der Waals surface area (Å²) in [5.41, 5.74) is 5.92. The van der Waals surface area contributed by atoms with Crippen LogP contribution in [0.4, 0.5) is 0 Å². The number of carbonyl (C=O) groups excluding carboxylic acids is 2. The molecule has 1 heterocycles. The van der Waals surface area contributed by atoms with Crippen molar-refractivity contribution < 1.29 is 9.59 Å². The Morgan fingerprint density at radius 2 is 2.11 bits per heavy atom. The third-order valence-electron chi connectivity index (χ3n) is 3.45. The average Bonchev–Trinajstić information content (AvgIpc) is 2.28. The van der Waals surface area contributed by atoms with Crippen LogP contribution in [0.2, 0.25) is 0 Å². The van der Waals surface area contributed by atoms with Gasteiger partial charge in [0.05, 0.1) is 0 Å². The van der Waals surface area contributed by atoms with Gasteiger partial charge in [-0.15, -0.1) is 0 Å². The van der Waals surface area contributed by atoms with Crippen LogP contribution in [0.25, 0.3) is 0 Å². The lowest BCUT2D eigenvalue weighted by atomic mass is 10.00. The zero-order valence-electron chi connectivity index (χ0n) is 11.6. The van der Waals surface area contributed by atoms with E-state index in [2.05, 4.69) is 5.32 Å². The maximum atomic E-state index is 12.1. The van der Waals surface area contributed by atoms with Crippen molar-refractivity contribution in [3.8, 4) is 0 Å². The van der Waals surface area contributed by atoms with Crippen molar-refractivity contribution in [1.29, 1.82) is 0 Å². The van der Waals surface area contributed by atoms with E-state index in [0.29, 0.717) is 18.9 Å².